The second-order valence-electron chi connectivity index (χ2n) is 5.26. The van der Waals surface area contributed by atoms with Gasteiger partial charge in [0.25, 0.3) is 0 Å². The van der Waals surface area contributed by atoms with Gasteiger partial charge in [0.15, 0.2) is 0 Å². The molecule has 1 saturated heterocycles. The largest absolute Gasteiger partial charge is 0.304 e. The first-order chi connectivity index (χ1) is 7.00. The molecule has 0 atom stereocenters. The molecule has 0 unspecified atom stereocenters. The fraction of sp³-hybridized carbons (Fsp3) is 1.00. The molecule has 0 radical (unpaired) electrons. The monoisotopic (exact) mass is 213 g/mol. The summed E-state index contributed by atoms with van der Waals surface area (Å²) in [5, 5.41) is 0. The Bertz CT molecular complexity index is 164. The van der Waals surface area contributed by atoms with Crippen molar-refractivity contribution in [2.75, 3.05) is 39.9 Å². The topological polar surface area (TPSA) is 9.72 Å². The molecule has 0 aromatic rings. The number of piperazine rings is 1. The molecule has 1 fully saturated rings. The van der Waals surface area contributed by atoms with Crippen molar-refractivity contribution in [1.82, 2.24) is 14.7 Å². The average Bonchev–Trinajstić information content (AvgIpc) is 2.15. The van der Waals surface area contributed by atoms with Gasteiger partial charge in [-0.15, -0.1) is 0 Å². The van der Waals surface area contributed by atoms with Crippen molar-refractivity contribution in [3.63, 3.8) is 0 Å². The van der Waals surface area contributed by atoms with Crippen LogP contribution in [0, 0.1) is 0 Å². The predicted molar refractivity (Wildman–Crippen MR) is 66.0 cm³/mol. The van der Waals surface area contributed by atoms with Gasteiger partial charge in [0.2, 0.25) is 0 Å². The van der Waals surface area contributed by atoms with E-state index in [2.05, 4.69) is 49.4 Å². The summed E-state index contributed by atoms with van der Waals surface area (Å²) < 4.78 is 0. The normalized spacial score (nSPS) is 20.8. The fourth-order valence-corrected chi connectivity index (χ4v) is 2.14. The summed E-state index contributed by atoms with van der Waals surface area (Å²) in [7, 11) is 2.21. The smallest absolute Gasteiger partial charge is 0.0512 e. The van der Waals surface area contributed by atoms with Crippen LogP contribution in [-0.2, 0) is 0 Å². The van der Waals surface area contributed by atoms with Crippen molar-refractivity contribution in [2.24, 2.45) is 0 Å². The molecule has 3 heteroatoms. The van der Waals surface area contributed by atoms with Gasteiger partial charge in [-0.3, -0.25) is 9.80 Å². The maximum atomic E-state index is 2.57. The van der Waals surface area contributed by atoms with E-state index < -0.39 is 0 Å². The third-order valence-corrected chi connectivity index (χ3v) is 3.29. The lowest BCUT2D eigenvalue weighted by atomic mass is 10.2. The van der Waals surface area contributed by atoms with Gasteiger partial charge in [0.05, 0.1) is 6.67 Å². The highest BCUT2D eigenvalue weighted by atomic mass is 15.4. The lowest BCUT2D eigenvalue weighted by Crippen LogP contribution is -2.51. The molecule has 15 heavy (non-hydrogen) atoms. The van der Waals surface area contributed by atoms with Crippen LogP contribution >= 0.6 is 0 Å². The lowest BCUT2D eigenvalue weighted by Gasteiger charge is -2.39. The van der Waals surface area contributed by atoms with Crippen LogP contribution in [0.3, 0.4) is 0 Å². The Morgan fingerprint density at radius 2 is 1.40 bits per heavy atom. The van der Waals surface area contributed by atoms with Crippen LogP contribution in [0.25, 0.3) is 0 Å². The minimum atomic E-state index is 0.643. The lowest BCUT2D eigenvalue weighted by molar-refractivity contribution is 0.0488. The molecule has 0 amide bonds. The van der Waals surface area contributed by atoms with E-state index in [0.29, 0.717) is 12.1 Å². The van der Waals surface area contributed by atoms with Crippen LogP contribution in [0.4, 0.5) is 0 Å². The number of hydrogen-bond acceptors (Lipinski definition) is 3. The molecule has 0 spiro atoms. The molecular weight excluding hydrogens is 186 g/mol. The number of hydrogen-bond donors (Lipinski definition) is 0. The van der Waals surface area contributed by atoms with Gasteiger partial charge in [-0.25, -0.2) is 0 Å². The zero-order valence-electron chi connectivity index (χ0n) is 11.0. The highest BCUT2D eigenvalue weighted by Crippen LogP contribution is 2.08. The second kappa shape index (κ2) is 5.83. The maximum absolute atomic E-state index is 2.57. The van der Waals surface area contributed by atoms with Gasteiger partial charge < -0.3 is 4.90 Å². The molecule has 0 saturated carbocycles. The standard InChI is InChI=1S/C12H27N3/c1-11(2)15(12(3)4)10-14-8-6-13(5)7-9-14/h11-12H,6-10H2,1-5H3. The maximum Gasteiger partial charge on any atom is 0.0512 e. The minimum absolute atomic E-state index is 0.643. The molecule has 0 aliphatic carbocycles. The molecule has 1 aliphatic heterocycles. The van der Waals surface area contributed by atoms with Crippen LogP contribution < -0.4 is 0 Å². The van der Waals surface area contributed by atoms with Gasteiger partial charge in [-0.05, 0) is 34.7 Å². The molecule has 1 rings (SSSR count). The Morgan fingerprint density at radius 3 is 1.80 bits per heavy atom. The molecule has 0 aromatic heterocycles. The Hall–Kier alpha value is -0.120. The van der Waals surface area contributed by atoms with Crippen molar-refractivity contribution in [3.8, 4) is 0 Å². The van der Waals surface area contributed by atoms with Crippen LogP contribution in [0.1, 0.15) is 27.7 Å². The van der Waals surface area contributed by atoms with Crippen molar-refractivity contribution in [1.29, 1.82) is 0 Å². The first kappa shape index (κ1) is 12.9. The first-order valence-electron chi connectivity index (χ1n) is 6.17. The Labute approximate surface area is 95.0 Å². The summed E-state index contributed by atoms with van der Waals surface area (Å²) in [6.07, 6.45) is 0. The van der Waals surface area contributed by atoms with Gasteiger partial charge in [0, 0.05) is 38.3 Å². The van der Waals surface area contributed by atoms with Crippen LogP contribution in [0.5, 0.6) is 0 Å². The third-order valence-electron chi connectivity index (χ3n) is 3.29. The van der Waals surface area contributed by atoms with Gasteiger partial charge in [-0.1, -0.05) is 0 Å². The molecular formula is C12H27N3. The van der Waals surface area contributed by atoms with E-state index in [-0.39, 0.29) is 0 Å². The number of nitrogens with zero attached hydrogens (tertiary/aromatic N) is 3. The summed E-state index contributed by atoms with van der Waals surface area (Å²) in [6, 6.07) is 1.29. The van der Waals surface area contributed by atoms with E-state index >= 15 is 0 Å². The fourth-order valence-electron chi connectivity index (χ4n) is 2.14. The zero-order chi connectivity index (χ0) is 11.4. The Balaban J connectivity index is 2.38. The quantitative estimate of drug-likeness (QED) is 0.697. The minimum Gasteiger partial charge on any atom is -0.304 e. The van der Waals surface area contributed by atoms with Crippen molar-refractivity contribution in [3.05, 3.63) is 0 Å². The van der Waals surface area contributed by atoms with Gasteiger partial charge in [0.1, 0.15) is 0 Å². The molecule has 3 nitrogen and oxygen atoms in total. The van der Waals surface area contributed by atoms with E-state index in [1.165, 1.54) is 26.2 Å². The van der Waals surface area contributed by atoms with Crippen LogP contribution in [-0.4, -0.2) is 66.7 Å². The van der Waals surface area contributed by atoms with Crippen LogP contribution in [0.2, 0.25) is 0 Å². The molecule has 0 N–H and O–H groups in total. The number of likely N-dealkylation sites (N-methyl/N-ethyl adjacent to an activating group) is 1. The summed E-state index contributed by atoms with van der Waals surface area (Å²) in [6.45, 7) is 15.1. The molecule has 0 aromatic carbocycles. The van der Waals surface area contributed by atoms with E-state index in [0.717, 1.165) is 6.67 Å². The first-order valence-corrected chi connectivity index (χ1v) is 6.17. The Morgan fingerprint density at radius 1 is 0.933 bits per heavy atom. The van der Waals surface area contributed by atoms with Crippen molar-refractivity contribution < 1.29 is 0 Å². The van der Waals surface area contributed by atoms with Gasteiger partial charge >= 0.3 is 0 Å². The van der Waals surface area contributed by atoms with E-state index in [4.69, 9.17) is 0 Å². The summed E-state index contributed by atoms with van der Waals surface area (Å²) >= 11 is 0. The van der Waals surface area contributed by atoms with Crippen molar-refractivity contribution >= 4 is 0 Å². The van der Waals surface area contributed by atoms with Crippen molar-refractivity contribution in [2.45, 2.75) is 39.8 Å². The molecule has 0 bridgehead atoms. The molecule has 1 aliphatic rings. The Kier molecular flexibility index (Phi) is 5.03. The highest BCUT2D eigenvalue weighted by molar-refractivity contribution is 4.73. The summed E-state index contributed by atoms with van der Waals surface area (Å²) in [5.74, 6) is 0. The summed E-state index contributed by atoms with van der Waals surface area (Å²) in [5.41, 5.74) is 0. The SMILES string of the molecule is CC(C)N(CN1CCN(C)CC1)C(C)C. The highest BCUT2D eigenvalue weighted by Gasteiger charge is 2.19. The molecule has 90 valence electrons. The second-order valence-corrected chi connectivity index (χ2v) is 5.26. The summed E-state index contributed by atoms with van der Waals surface area (Å²) in [4.78, 5) is 7.54. The predicted octanol–water partition coefficient (Wildman–Crippen LogP) is 1.31. The average molecular weight is 213 g/mol. The molecule has 1 heterocycles. The van der Waals surface area contributed by atoms with E-state index in [9.17, 15) is 0 Å². The van der Waals surface area contributed by atoms with E-state index in [1.807, 2.05) is 0 Å². The number of rotatable bonds is 4. The van der Waals surface area contributed by atoms with Crippen LogP contribution in [0.15, 0.2) is 0 Å². The third kappa shape index (κ3) is 4.09. The van der Waals surface area contributed by atoms with Gasteiger partial charge in [-0.2, -0.15) is 0 Å². The zero-order valence-corrected chi connectivity index (χ0v) is 11.0. The van der Waals surface area contributed by atoms with E-state index in [1.54, 1.807) is 0 Å².